The summed E-state index contributed by atoms with van der Waals surface area (Å²) in [6, 6.07) is 4.27. The maximum Gasteiger partial charge on any atom is 0.294 e. The Kier molecular flexibility index (Phi) is 4.09. The molecule has 0 saturated carbocycles. The number of nitrogens with zero attached hydrogens (tertiary/aromatic N) is 2. The molecule has 0 aliphatic carbocycles. The summed E-state index contributed by atoms with van der Waals surface area (Å²) in [4.78, 5) is 12.0. The second-order valence-corrected chi connectivity index (χ2v) is 3.91. The van der Waals surface area contributed by atoms with Crippen LogP contribution in [0.2, 0.25) is 5.02 Å². The third-order valence-electron chi connectivity index (χ3n) is 2.44. The van der Waals surface area contributed by atoms with Gasteiger partial charge in [0.05, 0.1) is 16.6 Å². The van der Waals surface area contributed by atoms with E-state index in [2.05, 4.69) is 0 Å². The number of aliphatic hydroxyl groups is 1. The molecule has 1 atom stereocenters. The summed E-state index contributed by atoms with van der Waals surface area (Å²) < 4.78 is 0. The first-order valence-electron chi connectivity index (χ1n) is 4.75. The van der Waals surface area contributed by atoms with Crippen LogP contribution in [-0.2, 0) is 0 Å². The minimum Gasteiger partial charge on any atom is -0.394 e. The molecule has 88 valence electrons. The van der Waals surface area contributed by atoms with Gasteiger partial charge >= 0.3 is 0 Å². The van der Waals surface area contributed by atoms with Gasteiger partial charge in [-0.05, 0) is 13.0 Å². The molecule has 0 spiro atoms. The Morgan fingerprint density at radius 2 is 2.25 bits per heavy atom. The lowest BCUT2D eigenvalue weighted by atomic mass is 10.2. The molecular formula is C10H13ClN2O3. The van der Waals surface area contributed by atoms with E-state index in [1.807, 2.05) is 0 Å². The monoisotopic (exact) mass is 244 g/mol. The summed E-state index contributed by atoms with van der Waals surface area (Å²) in [5, 5.41) is 20.2. The lowest BCUT2D eigenvalue weighted by Crippen LogP contribution is -2.32. The molecule has 1 rings (SSSR count). The molecule has 0 fully saturated rings. The van der Waals surface area contributed by atoms with Gasteiger partial charge in [0.15, 0.2) is 0 Å². The Labute approximate surface area is 98.4 Å². The minimum atomic E-state index is -0.484. The van der Waals surface area contributed by atoms with E-state index in [0.29, 0.717) is 10.7 Å². The zero-order chi connectivity index (χ0) is 12.3. The molecule has 0 bridgehead atoms. The second kappa shape index (κ2) is 5.14. The van der Waals surface area contributed by atoms with Crippen molar-refractivity contribution in [3.8, 4) is 0 Å². The Hall–Kier alpha value is -1.33. The maximum atomic E-state index is 10.8. The summed E-state index contributed by atoms with van der Waals surface area (Å²) in [6.45, 7) is 1.66. The minimum absolute atomic E-state index is 0.0599. The average molecular weight is 245 g/mol. The van der Waals surface area contributed by atoms with Crippen LogP contribution in [0.4, 0.5) is 11.4 Å². The number of nitro groups is 1. The quantitative estimate of drug-likeness (QED) is 0.650. The molecule has 5 nitrogen and oxygen atoms in total. The van der Waals surface area contributed by atoms with Crippen LogP contribution in [0.25, 0.3) is 0 Å². The molecule has 1 aromatic rings. The maximum absolute atomic E-state index is 10.8. The Morgan fingerprint density at radius 3 is 2.75 bits per heavy atom. The molecule has 0 amide bonds. The molecule has 0 radical (unpaired) electrons. The van der Waals surface area contributed by atoms with Crippen LogP contribution in [0, 0.1) is 10.1 Å². The predicted molar refractivity (Wildman–Crippen MR) is 63.1 cm³/mol. The van der Waals surface area contributed by atoms with Crippen molar-refractivity contribution in [1.82, 2.24) is 0 Å². The topological polar surface area (TPSA) is 66.6 Å². The van der Waals surface area contributed by atoms with E-state index >= 15 is 0 Å². The molecule has 0 aliphatic rings. The van der Waals surface area contributed by atoms with Crippen LogP contribution < -0.4 is 4.90 Å². The third kappa shape index (κ3) is 2.43. The molecule has 0 heterocycles. The summed E-state index contributed by atoms with van der Waals surface area (Å²) in [5.74, 6) is 0. The number of rotatable bonds is 4. The van der Waals surface area contributed by atoms with Gasteiger partial charge in [-0.3, -0.25) is 10.1 Å². The summed E-state index contributed by atoms with van der Waals surface area (Å²) >= 11 is 5.94. The van der Waals surface area contributed by atoms with Crippen molar-refractivity contribution in [2.45, 2.75) is 13.0 Å². The summed E-state index contributed by atoms with van der Waals surface area (Å²) in [6.07, 6.45) is 0. The van der Waals surface area contributed by atoms with Crippen molar-refractivity contribution >= 4 is 23.0 Å². The molecule has 1 unspecified atom stereocenters. The number of hydrogen-bond acceptors (Lipinski definition) is 4. The zero-order valence-electron chi connectivity index (χ0n) is 9.05. The van der Waals surface area contributed by atoms with Gasteiger partial charge in [-0.2, -0.15) is 0 Å². The molecule has 6 heteroatoms. The molecule has 1 aromatic carbocycles. The number of nitro benzene ring substituents is 1. The number of halogens is 1. The molecule has 0 aliphatic heterocycles. The fourth-order valence-electron chi connectivity index (χ4n) is 1.34. The highest BCUT2D eigenvalue weighted by atomic mass is 35.5. The summed E-state index contributed by atoms with van der Waals surface area (Å²) in [7, 11) is 1.66. The van der Waals surface area contributed by atoms with Crippen LogP contribution in [0.1, 0.15) is 6.92 Å². The van der Waals surface area contributed by atoms with Crippen LogP contribution in [0.15, 0.2) is 18.2 Å². The lowest BCUT2D eigenvalue weighted by Gasteiger charge is -2.25. The van der Waals surface area contributed by atoms with Crippen molar-refractivity contribution in [3.05, 3.63) is 33.3 Å². The van der Waals surface area contributed by atoms with E-state index in [1.54, 1.807) is 24.9 Å². The first-order valence-corrected chi connectivity index (χ1v) is 5.13. The normalized spacial score (nSPS) is 12.2. The third-order valence-corrected chi connectivity index (χ3v) is 2.75. The number of likely N-dealkylation sites (N-methyl/N-ethyl adjacent to an activating group) is 1. The molecule has 16 heavy (non-hydrogen) atoms. The number of anilines is 1. The molecule has 0 saturated heterocycles. The van der Waals surface area contributed by atoms with Crippen LogP contribution in [-0.4, -0.2) is 29.7 Å². The van der Waals surface area contributed by atoms with Crippen molar-refractivity contribution in [2.75, 3.05) is 18.6 Å². The van der Waals surface area contributed by atoms with Crippen molar-refractivity contribution in [2.24, 2.45) is 0 Å². The first kappa shape index (κ1) is 12.7. The standard InChI is InChI=1S/C10H13ClN2O3/c1-7(6-14)12(2)10-8(11)4-3-5-9(10)13(15)16/h3-5,7,14H,6H2,1-2H3. The van der Waals surface area contributed by atoms with E-state index in [4.69, 9.17) is 16.7 Å². The highest BCUT2D eigenvalue weighted by Crippen LogP contribution is 2.35. The lowest BCUT2D eigenvalue weighted by molar-refractivity contribution is -0.384. The van der Waals surface area contributed by atoms with Gasteiger partial charge in [0, 0.05) is 19.2 Å². The smallest absolute Gasteiger partial charge is 0.294 e. The van der Waals surface area contributed by atoms with Gasteiger partial charge in [-0.15, -0.1) is 0 Å². The van der Waals surface area contributed by atoms with Gasteiger partial charge in [-0.25, -0.2) is 0 Å². The fraction of sp³-hybridized carbons (Fsp3) is 0.400. The largest absolute Gasteiger partial charge is 0.394 e. The van der Waals surface area contributed by atoms with E-state index in [1.165, 1.54) is 12.1 Å². The SMILES string of the molecule is CC(CO)N(C)c1c(Cl)cccc1[N+](=O)[O-]. The number of benzene rings is 1. The van der Waals surface area contributed by atoms with Gasteiger partial charge < -0.3 is 10.0 Å². The van der Waals surface area contributed by atoms with Gasteiger partial charge in [0.2, 0.25) is 0 Å². The van der Waals surface area contributed by atoms with E-state index in [-0.39, 0.29) is 18.3 Å². The van der Waals surface area contributed by atoms with E-state index in [9.17, 15) is 10.1 Å². The Morgan fingerprint density at radius 1 is 1.62 bits per heavy atom. The van der Waals surface area contributed by atoms with Gasteiger partial charge in [-0.1, -0.05) is 17.7 Å². The molecule has 1 N–H and O–H groups in total. The van der Waals surface area contributed by atoms with Crippen LogP contribution in [0.3, 0.4) is 0 Å². The van der Waals surface area contributed by atoms with Crippen LogP contribution in [0.5, 0.6) is 0 Å². The number of para-hydroxylation sites is 1. The number of hydrogen-bond donors (Lipinski definition) is 1. The van der Waals surface area contributed by atoms with Crippen molar-refractivity contribution in [3.63, 3.8) is 0 Å². The first-order chi connectivity index (χ1) is 7.49. The molecule has 0 aromatic heterocycles. The molecular weight excluding hydrogens is 232 g/mol. The Bertz CT molecular complexity index is 398. The van der Waals surface area contributed by atoms with Crippen LogP contribution >= 0.6 is 11.6 Å². The fourth-order valence-corrected chi connectivity index (χ4v) is 1.65. The zero-order valence-corrected chi connectivity index (χ0v) is 9.81. The summed E-state index contributed by atoms with van der Waals surface area (Å²) in [5.41, 5.74) is 0.269. The number of aliphatic hydroxyl groups excluding tert-OH is 1. The predicted octanol–water partition coefficient (Wildman–Crippen LogP) is 2.07. The van der Waals surface area contributed by atoms with Crippen molar-refractivity contribution in [1.29, 1.82) is 0 Å². The highest BCUT2D eigenvalue weighted by molar-refractivity contribution is 6.33. The highest BCUT2D eigenvalue weighted by Gasteiger charge is 2.22. The average Bonchev–Trinajstić information content (AvgIpc) is 2.26. The van der Waals surface area contributed by atoms with E-state index < -0.39 is 4.92 Å². The second-order valence-electron chi connectivity index (χ2n) is 3.51. The van der Waals surface area contributed by atoms with Gasteiger partial charge in [0.1, 0.15) is 5.69 Å². The Balaban J connectivity index is 3.24. The van der Waals surface area contributed by atoms with Crippen molar-refractivity contribution < 1.29 is 10.0 Å². The van der Waals surface area contributed by atoms with E-state index in [0.717, 1.165) is 0 Å². The van der Waals surface area contributed by atoms with Gasteiger partial charge in [0.25, 0.3) is 5.69 Å².